The molecule has 4 aliphatic heterocycles. The fourth-order valence-electron chi connectivity index (χ4n) is 12.2. The minimum Gasteiger partial charge on any atom is -0.481 e. The molecule has 2 aromatic rings. The molecule has 6 rings (SSSR count). The van der Waals surface area contributed by atoms with Crippen LogP contribution in [0.3, 0.4) is 0 Å². The maximum Gasteiger partial charge on any atom is 0.303 e. The Bertz CT molecular complexity index is 3420. The predicted molar refractivity (Wildman–Crippen MR) is 362 cm³/mol. The Morgan fingerprint density at radius 2 is 1.12 bits per heavy atom. The number of carboxylic acids is 1. The van der Waals surface area contributed by atoms with E-state index in [2.05, 4.69) is 47.9 Å². The van der Waals surface area contributed by atoms with Crippen LogP contribution in [0.15, 0.2) is 48.5 Å². The van der Waals surface area contributed by atoms with Crippen LogP contribution >= 0.6 is 23.4 Å². The summed E-state index contributed by atoms with van der Waals surface area (Å²) >= 11 is 7.59. The van der Waals surface area contributed by atoms with Crippen molar-refractivity contribution in [3.8, 4) is 0 Å². The van der Waals surface area contributed by atoms with Crippen LogP contribution in [0.5, 0.6) is 0 Å². The summed E-state index contributed by atoms with van der Waals surface area (Å²) < 4.78 is 0. The van der Waals surface area contributed by atoms with Gasteiger partial charge in [-0.2, -0.15) is 0 Å². The number of carbonyl (C=O) groups excluding carboxylic acids is 14. The lowest BCUT2D eigenvalue weighted by atomic mass is 9.93. The minimum atomic E-state index is -1.86. The second-order valence-corrected chi connectivity index (χ2v) is 27.8. The fraction of sp³-hybridized carbons (Fsp3) is 0.591. The van der Waals surface area contributed by atoms with Gasteiger partial charge >= 0.3 is 5.97 Å². The number of rotatable bonds is 10. The van der Waals surface area contributed by atoms with Gasteiger partial charge in [0, 0.05) is 62.8 Å². The maximum absolute atomic E-state index is 14.8. The summed E-state index contributed by atoms with van der Waals surface area (Å²) in [6.45, 7) is 11.3. The zero-order chi connectivity index (χ0) is 74.3. The summed E-state index contributed by atoms with van der Waals surface area (Å²) in [7, 11) is 2.47. The summed E-state index contributed by atoms with van der Waals surface area (Å²) in [6.07, 6.45) is -3.98. The van der Waals surface area contributed by atoms with Crippen LogP contribution in [0, 0.1) is 11.8 Å². The van der Waals surface area contributed by atoms with E-state index >= 15 is 0 Å². The lowest BCUT2D eigenvalue weighted by Gasteiger charge is -2.36. The summed E-state index contributed by atoms with van der Waals surface area (Å²) in [4.78, 5) is 215. The molecule has 0 aliphatic carbocycles. The van der Waals surface area contributed by atoms with Crippen LogP contribution in [0.2, 0.25) is 5.02 Å². The van der Waals surface area contributed by atoms with Crippen molar-refractivity contribution in [1.29, 1.82) is 0 Å². The smallest absolute Gasteiger partial charge is 0.303 e. The van der Waals surface area contributed by atoms with Gasteiger partial charge < -0.3 is 88.5 Å². The number of thioether (sulfide) groups is 1. The van der Waals surface area contributed by atoms with Crippen molar-refractivity contribution in [2.24, 2.45) is 17.6 Å². The third kappa shape index (κ3) is 20.6. The molecule has 100 heavy (non-hydrogen) atoms. The average molecular weight is 1440 g/mol. The lowest BCUT2D eigenvalue weighted by molar-refractivity contribution is -0.146. The third-order valence-corrected chi connectivity index (χ3v) is 19.5. The van der Waals surface area contributed by atoms with Gasteiger partial charge in [-0.1, -0.05) is 81.8 Å². The molecule has 14 amide bonds. The summed E-state index contributed by atoms with van der Waals surface area (Å²) in [6, 6.07) is -6.06. The number of nitrogens with zero attached hydrogens (tertiary/aromatic N) is 4. The molecule has 3 fully saturated rings. The molecule has 0 spiro atoms. The molecule has 32 nitrogen and oxygen atoms in total. The quantitative estimate of drug-likeness (QED) is 0.113. The second kappa shape index (κ2) is 35.9. The van der Waals surface area contributed by atoms with Crippen LogP contribution < -0.4 is 53.6 Å². The first-order chi connectivity index (χ1) is 47.0. The highest BCUT2D eigenvalue weighted by Gasteiger charge is 2.45. The number of nitrogens with two attached hydrogens (primary N) is 1. The van der Waals surface area contributed by atoms with Crippen molar-refractivity contribution in [2.75, 3.05) is 38.7 Å². The highest BCUT2D eigenvalue weighted by molar-refractivity contribution is 8.00. The average Bonchev–Trinajstić information content (AvgIpc) is 0.904. The van der Waals surface area contributed by atoms with Gasteiger partial charge in [-0.05, 0) is 88.8 Å². The van der Waals surface area contributed by atoms with Gasteiger partial charge in [-0.25, -0.2) is 0 Å². The van der Waals surface area contributed by atoms with E-state index in [4.69, 9.17) is 17.3 Å². The lowest BCUT2D eigenvalue weighted by Crippen LogP contribution is -2.63. The number of benzene rings is 2. The number of likely N-dealkylation sites (N-methyl/N-ethyl adjacent to an activating group) is 2. The van der Waals surface area contributed by atoms with Crippen molar-refractivity contribution in [1.82, 2.24) is 67.5 Å². The SMILES string of the molecule is CC(C)C1NC(=O)[C@H]([C@@H](C)O)NC(=O)[C@H]([C@@H](C)O)NC(=O)[C@@H]2CCCN2C(=O)C(C(C)C)NC(=O)[C@H](Cc2ccccc2)NC(=O)CSC[C@@H](C(N)=O)NC(=O)[C@@H]2CCCN2C(=O)[C@H](C)NC(=O)[C@H](CCC(=O)O)NC(=O)[C@H](C)N(C)C(=O)[C@@H]2Cc3ccc(Cl)c(c3)[C@@H](C(=O)N2)N(C)C1=O. The Morgan fingerprint density at radius 3 is 1.68 bits per heavy atom. The molecule has 15 atom stereocenters. The summed E-state index contributed by atoms with van der Waals surface area (Å²) in [5.74, 6) is -16.0. The van der Waals surface area contributed by atoms with Crippen molar-refractivity contribution >= 4 is 112 Å². The molecule has 2 aromatic carbocycles. The minimum absolute atomic E-state index is 0.0171. The van der Waals surface area contributed by atoms with Crippen LogP contribution in [0.4, 0.5) is 0 Å². The topological polar surface area (TPSA) is 464 Å². The van der Waals surface area contributed by atoms with E-state index in [-0.39, 0.29) is 67.3 Å². The Kier molecular flexibility index (Phi) is 28.7. The molecular formula is C66H93ClN14O18S. The van der Waals surface area contributed by atoms with Crippen LogP contribution in [-0.4, -0.2) is 247 Å². The van der Waals surface area contributed by atoms with Gasteiger partial charge in [-0.3, -0.25) is 71.9 Å². The zero-order valence-corrected chi connectivity index (χ0v) is 59.1. The molecule has 14 N–H and O–H groups in total. The number of hydrogen-bond acceptors (Lipinski definition) is 18. The van der Waals surface area contributed by atoms with Gasteiger partial charge in [0.25, 0.3) is 0 Å². The van der Waals surface area contributed by atoms with Crippen LogP contribution in [0.1, 0.15) is 117 Å². The molecule has 34 heteroatoms. The number of hydrogen-bond donors (Lipinski definition) is 13. The van der Waals surface area contributed by atoms with E-state index in [1.807, 2.05) is 0 Å². The number of aliphatic hydroxyl groups excluding tert-OH is 2. The Hall–Kier alpha value is -8.95. The molecule has 4 aliphatic rings. The number of fused-ring (bicyclic) bond motifs is 8. The molecular weight excluding hydrogens is 1340 g/mol. The van der Waals surface area contributed by atoms with Crippen molar-refractivity contribution < 1.29 is 87.2 Å². The number of primary amides is 1. The first-order valence-corrected chi connectivity index (χ1v) is 34.7. The second-order valence-electron chi connectivity index (χ2n) is 26.4. The van der Waals surface area contributed by atoms with E-state index < -0.39 is 204 Å². The van der Waals surface area contributed by atoms with E-state index in [0.29, 0.717) is 17.5 Å². The van der Waals surface area contributed by atoms with Gasteiger partial charge in [0.2, 0.25) is 82.7 Å². The zero-order valence-electron chi connectivity index (χ0n) is 57.5. The standard InChI is InChI=1S/C66H93ClN14O18S/c1-31(2)49-65(98)79(10)53-39-26-38(20-21-40(39)67)28-43(72-62(53)95)64(97)78(9)34(6)55(88)71-41(22-23-48(85)86)56(89)69-33(5)63(96)80-24-14-18-45(80)58(91)73-44(54(68)87)29-100-30-47(84)70-42(27-37-16-12-11-13-17-37)57(90)74-50(32(3)4)66(99)81-25-15-19-46(81)59(92)76-51(35(7)82)61(94)77-52(36(8)83)60(93)75-49/h11-13,16-17,20-21,26,31-36,41-46,49-53,82-83H,14-15,18-19,22-25,27-30H2,1-10H3,(H2,68,87)(H,69,89)(H,70,84)(H,71,88)(H,72,95)(H,73,91)(H,74,90)(H,75,93)(H,76,92)(H,77,94)(H,85,86)/t33-,34-,35+,36+,41-,42-,43-,44-,45-,46-,49?,50?,51-,52-,53-/m0/s1. The number of carbonyl (C=O) groups is 15. The Balaban J connectivity index is 1.33. The maximum atomic E-state index is 14.8. The van der Waals surface area contributed by atoms with Crippen molar-refractivity contribution in [3.63, 3.8) is 0 Å². The number of carboxylic acid groups (broad SMARTS) is 1. The summed E-state index contributed by atoms with van der Waals surface area (Å²) in [5, 5.41) is 54.7. The number of nitrogens with one attached hydrogen (secondary N) is 9. The molecule has 0 aromatic heterocycles. The first kappa shape index (κ1) is 80.0. The molecule has 4 bridgehead atoms. The van der Waals surface area contributed by atoms with Gasteiger partial charge in [-0.15, -0.1) is 11.8 Å². The number of amides is 14. The number of aliphatic carboxylic acids is 1. The first-order valence-electron chi connectivity index (χ1n) is 33.2. The largest absolute Gasteiger partial charge is 0.481 e. The van der Waals surface area contributed by atoms with E-state index in [1.165, 1.54) is 56.8 Å². The van der Waals surface area contributed by atoms with Gasteiger partial charge in [0.1, 0.15) is 78.5 Å². The van der Waals surface area contributed by atoms with Gasteiger partial charge in [0.05, 0.1) is 18.0 Å². The van der Waals surface area contributed by atoms with Gasteiger partial charge in [0.15, 0.2) is 0 Å². The predicted octanol–water partition coefficient (Wildman–Crippen LogP) is -2.98. The molecule has 3 saturated heterocycles. The molecule has 0 saturated carbocycles. The van der Waals surface area contributed by atoms with Crippen LogP contribution in [0.25, 0.3) is 0 Å². The van der Waals surface area contributed by atoms with Crippen molar-refractivity contribution in [3.05, 3.63) is 70.2 Å². The highest BCUT2D eigenvalue weighted by atomic mass is 35.5. The Morgan fingerprint density at radius 1 is 0.590 bits per heavy atom. The van der Waals surface area contributed by atoms with E-state index in [0.717, 1.165) is 28.5 Å². The molecule has 548 valence electrons. The highest BCUT2D eigenvalue weighted by Crippen LogP contribution is 2.32. The van der Waals surface area contributed by atoms with Crippen molar-refractivity contribution in [2.45, 2.75) is 198 Å². The monoisotopic (exact) mass is 1440 g/mol. The normalized spacial score (nSPS) is 28.4. The number of halogens is 1. The van der Waals surface area contributed by atoms with E-state index in [1.54, 1.807) is 64.1 Å². The third-order valence-electron chi connectivity index (χ3n) is 18.1. The van der Waals surface area contributed by atoms with E-state index in [9.17, 15) is 87.2 Å². The molecule has 2 unspecified atom stereocenters. The fourth-order valence-corrected chi connectivity index (χ4v) is 13.3. The van der Waals surface area contributed by atoms with Crippen LogP contribution in [-0.2, 0) is 84.8 Å². The number of aliphatic hydroxyl groups is 2. The molecule has 0 radical (unpaired) electrons. The molecule has 4 heterocycles. The summed E-state index contributed by atoms with van der Waals surface area (Å²) in [5.41, 5.74) is 6.89. The Labute approximate surface area is 588 Å².